The zero-order chi connectivity index (χ0) is 14.4. The summed E-state index contributed by atoms with van der Waals surface area (Å²) in [5.74, 6) is -0.234. The molecule has 0 amide bonds. The summed E-state index contributed by atoms with van der Waals surface area (Å²) in [4.78, 5) is 12.9. The van der Waals surface area contributed by atoms with E-state index in [1.807, 2.05) is 24.0 Å². The van der Waals surface area contributed by atoms with Gasteiger partial charge in [0, 0.05) is 18.2 Å². The first kappa shape index (κ1) is 15.5. The number of hydrogen-bond acceptors (Lipinski definition) is 3. The number of phenols is 1. The number of benzene rings is 1. The molecule has 0 saturated carbocycles. The minimum Gasteiger partial charge on any atom is -0.508 e. The number of carbonyl (C=O) groups is 1. The molecule has 0 saturated heterocycles. The summed E-state index contributed by atoms with van der Waals surface area (Å²) in [5, 5.41) is 19.0. The average Bonchev–Trinajstić information content (AvgIpc) is 2.30. The van der Waals surface area contributed by atoms with Crippen molar-refractivity contribution < 1.29 is 15.0 Å². The second-order valence-electron chi connectivity index (χ2n) is 5.20. The molecule has 0 aliphatic heterocycles. The van der Waals surface area contributed by atoms with Crippen LogP contribution in [0.1, 0.15) is 38.8 Å². The third kappa shape index (κ3) is 4.56. The van der Waals surface area contributed by atoms with Gasteiger partial charge in [0.2, 0.25) is 0 Å². The van der Waals surface area contributed by atoms with Gasteiger partial charge in [-0.1, -0.05) is 39.0 Å². The van der Waals surface area contributed by atoms with Gasteiger partial charge < -0.3 is 10.2 Å². The first-order valence-electron chi connectivity index (χ1n) is 6.69. The van der Waals surface area contributed by atoms with Crippen molar-refractivity contribution in [3.8, 4) is 5.75 Å². The van der Waals surface area contributed by atoms with Crippen molar-refractivity contribution in [2.75, 3.05) is 13.1 Å². The zero-order valence-corrected chi connectivity index (χ0v) is 11.8. The Balaban J connectivity index is 3.01. The average molecular weight is 265 g/mol. The third-order valence-corrected chi connectivity index (χ3v) is 3.06. The van der Waals surface area contributed by atoms with Crippen molar-refractivity contribution in [1.82, 2.24) is 4.90 Å². The zero-order valence-electron chi connectivity index (χ0n) is 11.8. The van der Waals surface area contributed by atoms with E-state index in [1.54, 1.807) is 12.1 Å². The topological polar surface area (TPSA) is 60.8 Å². The van der Waals surface area contributed by atoms with E-state index in [1.165, 1.54) is 0 Å². The molecule has 0 aliphatic rings. The molecule has 0 radical (unpaired) electrons. The molecule has 0 aromatic heterocycles. The SMILES string of the molecule is CCC(c1ccccc1O)N(CC(=O)O)CC(C)C. The summed E-state index contributed by atoms with van der Waals surface area (Å²) >= 11 is 0. The van der Waals surface area contributed by atoms with Crippen LogP contribution >= 0.6 is 0 Å². The van der Waals surface area contributed by atoms with Crippen molar-refractivity contribution in [2.45, 2.75) is 33.2 Å². The minimum absolute atomic E-state index is 0.00891. The summed E-state index contributed by atoms with van der Waals surface area (Å²) < 4.78 is 0. The molecular weight excluding hydrogens is 242 g/mol. The van der Waals surface area contributed by atoms with Crippen LogP contribution in [-0.4, -0.2) is 34.2 Å². The summed E-state index contributed by atoms with van der Waals surface area (Å²) in [6, 6.07) is 7.08. The number of rotatable bonds is 7. The van der Waals surface area contributed by atoms with Crippen molar-refractivity contribution >= 4 is 5.97 Å². The molecule has 0 aliphatic carbocycles. The number of aromatic hydroxyl groups is 1. The van der Waals surface area contributed by atoms with Crippen LogP contribution in [0.4, 0.5) is 0 Å². The molecule has 1 unspecified atom stereocenters. The molecule has 1 rings (SSSR count). The fourth-order valence-electron chi connectivity index (χ4n) is 2.39. The predicted molar refractivity (Wildman–Crippen MR) is 75.2 cm³/mol. The molecule has 0 spiro atoms. The second kappa shape index (κ2) is 7.14. The molecule has 2 N–H and O–H groups in total. The van der Waals surface area contributed by atoms with Gasteiger partial charge in [-0.2, -0.15) is 0 Å². The van der Waals surface area contributed by atoms with E-state index in [2.05, 4.69) is 13.8 Å². The molecule has 4 heteroatoms. The van der Waals surface area contributed by atoms with Crippen LogP contribution < -0.4 is 0 Å². The molecule has 0 fully saturated rings. The first-order chi connectivity index (χ1) is 8.95. The van der Waals surface area contributed by atoms with E-state index in [4.69, 9.17) is 5.11 Å². The highest BCUT2D eigenvalue weighted by Crippen LogP contribution is 2.31. The Morgan fingerprint density at radius 1 is 1.32 bits per heavy atom. The summed E-state index contributed by atoms with van der Waals surface area (Å²) in [7, 11) is 0. The van der Waals surface area contributed by atoms with Gasteiger partial charge in [0.15, 0.2) is 0 Å². The van der Waals surface area contributed by atoms with Gasteiger partial charge in [0.25, 0.3) is 0 Å². The molecule has 4 nitrogen and oxygen atoms in total. The summed E-state index contributed by atoms with van der Waals surface area (Å²) in [6.45, 7) is 6.81. The molecule has 0 heterocycles. The number of para-hydroxylation sites is 1. The predicted octanol–water partition coefficient (Wildman–Crippen LogP) is 2.89. The Hall–Kier alpha value is -1.55. The summed E-state index contributed by atoms with van der Waals surface area (Å²) in [5.41, 5.74) is 0.798. The lowest BCUT2D eigenvalue weighted by molar-refractivity contribution is -0.139. The molecule has 19 heavy (non-hydrogen) atoms. The quantitative estimate of drug-likeness (QED) is 0.796. The van der Waals surface area contributed by atoms with Gasteiger partial charge in [-0.3, -0.25) is 9.69 Å². The van der Waals surface area contributed by atoms with E-state index < -0.39 is 5.97 Å². The Bertz CT molecular complexity index is 418. The fraction of sp³-hybridized carbons (Fsp3) is 0.533. The second-order valence-corrected chi connectivity index (χ2v) is 5.20. The van der Waals surface area contributed by atoms with Crippen molar-refractivity contribution in [3.05, 3.63) is 29.8 Å². The maximum absolute atomic E-state index is 11.0. The Morgan fingerprint density at radius 2 is 1.95 bits per heavy atom. The van der Waals surface area contributed by atoms with Crippen molar-refractivity contribution in [3.63, 3.8) is 0 Å². The number of carboxylic acids is 1. The smallest absolute Gasteiger partial charge is 0.317 e. The van der Waals surface area contributed by atoms with Gasteiger partial charge in [-0.25, -0.2) is 0 Å². The maximum atomic E-state index is 11.0. The fourth-order valence-corrected chi connectivity index (χ4v) is 2.39. The molecule has 0 bridgehead atoms. The highest BCUT2D eigenvalue weighted by Gasteiger charge is 2.23. The maximum Gasteiger partial charge on any atom is 0.317 e. The van der Waals surface area contributed by atoms with E-state index in [9.17, 15) is 9.90 Å². The van der Waals surface area contributed by atoms with Gasteiger partial charge >= 0.3 is 5.97 Å². The van der Waals surface area contributed by atoms with Gasteiger partial charge in [0.1, 0.15) is 5.75 Å². The van der Waals surface area contributed by atoms with E-state index in [0.29, 0.717) is 12.5 Å². The van der Waals surface area contributed by atoms with E-state index in [-0.39, 0.29) is 18.3 Å². The molecule has 106 valence electrons. The molecular formula is C15H23NO3. The van der Waals surface area contributed by atoms with Crippen molar-refractivity contribution in [1.29, 1.82) is 0 Å². The highest BCUT2D eigenvalue weighted by molar-refractivity contribution is 5.69. The highest BCUT2D eigenvalue weighted by atomic mass is 16.4. The van der Waals surface area contributed by atoms with Gasteiger partial charge in [-0.05, 0) is 18.4 Å². The normalized spacial score (nSPS) is 12.9. The molecule has 1 atom stereocenters. The van der Waals surface area contributed by atoms with Crippen LogP contribution in [0.2, 0.25) is 0 Å². The number of aliphatic carboxylic acids is 1. The van der Waals surface area contributed by atoms with E-state index >= 15 is 0 Å². The number of hydrogen-bond donors (Lipinski definition) is 2. The monoisotopic (exact) mass is 265 g/mol. The van der Waals surface area contributed by atoms with Crippen LogP contribution in [0.15, 0.2) is 24.3 Å². The number of nitrogens with zero attached hydrogens (tertiary/aromatic N) is 1. The molecule has 1 aromatic carbocycles. The van der Waals surface area contributed by atoms with Crippen molar-refractivity contribution in [2.24, 2.45) is 5.92 Å². The van der Waals surface area contributed by atoms with Crippen LogP contribution in [0.3, 0.4) is 0 Å². The largest absolute Gasteiger partial charge is 0.508 e. The van der Waals surface area contributed by atoms with Crippen LogP contribution in [0.5, 0.6) is 5.75 Å². The van der Waals surface area contributed by atoms with E-state index in [0.717, 1.165) is 12.0 Å². The van der Waals surface area contributed by atoms with Gasteiger partial charge in [0.05, 0.1) is 6.54 Å². The number of phenolic OH excluding ortho intramolecular Hbond substituents is 1. The first-order valence-corrected chi connectivity index (χ1v) is 6.69. The minimum atomic E-state index is -0.838. The van der Waals surface area contributed by atoms with Crippen LogP contribution in [0, 0.1) is 5.92 Å². The van der Waals surface area contributed by atoms with Gasteiger partial charge in [-0.15, -0.1) is 0 Å². The molecule has 1 aromatic rings. The Morgan fingerprint density at radius 3 is 2.42 bits per heavy atom. The summed E-state index contributed by atoms with van der Waals surface area (Å²) in [6.07, 6.45) is 0.761. The lowest BCUT2D eigenvalue weighted by Crippen LogP contribution is -2.36. The lowest BCUT2D eigenvalue weighted by atomic mass is 10.0. The Labute approximate surface area is 114 Å². The number of carboxylic acid groups (broad SMARTS) is 1. The third-order valence-electron chi connectivity index (χ3n) is 3.06. The Kier molecular flexibility index (Phi) is 5.83. The standard InChI is InChI=1S/C15H23NO3/c1-4-13(12-7-5-6-8-14(12)17)16(9-11(2)3)10-15(18)19/h5-8,11,13,17H,4,9-10H2,1-3H3,(H,18,19). The van der Waals surface area contributed by atoms with Crippen LogP contribution in [0.25, 0.3) is 0 Å². The van der Waals surface area contributed by atoms with Crippen LogP contribution in [-0.2, 0) is 4.79 Å². The lowest BCUT2D eigenvalue weighted by Gasteiger charge is -2.31.